The molecule has 0 aliphatic heterocycles. The first kappa shape index (κ1) is 15.4. The van der Waals surface area contributed by atoms with E-state index in [-0.39, 0.29) is 0 Å². The van der Waals surface area contributed by atoms with Crippen molar-refractivity contribution in [1.82, 2.24) is 9.97 Å². The lowest BCUT2D eigenvalue weighted by molar-refractivity contribution is 0.0996. The predicted octanol–water partition coefficient (Wildman–Crippen LogP) is 1.01. The number of nitrogens with zero attached hydrogens (tertiary/aromatic N) is 2. The Bertz CT molecular complexity index is 366. The van der Waals surface area contributed by atoms with Crippen molar-refractivity contribution in [2.45, 2.75) is 17.7 Å². The lowest BCUT2D eigenvalue weighted by Gasteiger charge is -2.23. The van der Waals surface area contributed by atoms with Crippen LogP contribution in [0.2, 0.25) is 0 Å². The molecule has 1 aromatic heterocycles. The maximum absolute atomic E-state index is 10.1. The van der Waals surface area contributed by atoms with E-state index in [9.17, 15) is 5.11 Å². The fourth-order valence-electron chi connectivity index (χ4n) is 1.32. The summed E-state index contributed by atoms with van der Waals surface area (Å²) in [6.07, 6.45) is 3.85. The topological polar surface area (TPSA) is 96.1 Å². The Morgan fingerprint density at radius 2 is 2.06 bits per heavy atom. The van der Waals surface area contributed by atoms with Crippen LogP contribution in [-0.2, 0) is 0 Å². The summed E-state index contributed by atoms with van der Waals surface area (Å²) in [5.41, 5.74) is 1.72. The maximum atomic E-state index is 10.1. The van der Waals surface area contributed by atoms with E-state index in [2.05, 4.69) is 20.7 Å². The van der Waals surface area contributed by atoms with Crippen LogP contribution in [0.15, 0.2) is 11.2 Å². The standard InChI is InChI=1S/C10H19N5OS2/c1-10(16,6-17-2)5-12-7-4-8(15-11)14-9(13-7)18-3/h4,16H,5-6,11H2,1-3H3,(H2,12,13,14,15). The minimum absolute atomic E-state index is 0.419. The molecule has 0 saturated carbocycles. The van der Waals surface area contributed by atoms with Gasteiger partial charge in [-0.15, -0.1) is 0 Å². The summed E-state index contributed by atoms with van der Waals surface area (Å²) in [4.78, 5) is 8.45. The lowest BCUT2D eigenvalue weighted by Crippen LogP contribution is -2.36. The van der Waals surface area contributed by atoms with Crippen LogP contribution in [0.3, 0.4) is 0 Å². The Labute approximate surface area is 116 Å². The molecular weight excluding hydrogens is 270 g/mol. The van der Waals surface area contributed by atoms with Crippen molar-refractivity contribution in [2.24, 2.45) is 5.84 Å². The number of nitrogens with one attached hydrogen (secondary N) is 2. The van der Waals surface area contributed by atoms with Gasteiger partial charge in [0, 0.05) is 18.4 Å². The molecule has 5 N–H and O–H groups in total. The van der Waals surface area contributed by atoms with Gasteiger partial charge in [0.25, 0.3) is 0 Å². The summed E-state index contributed by atoms with van der Waals surface area (Å²) >= 11 is 3.03. The van der Waals surface area contributed by atoms with Crippen molar-refractivity contribution in [3.63, 3.8) is 0 Å². The molecule has 0 aliphatic rings. The number of thioether (sulfide) groups is 2. The van der Waals surface area contributed by atoms with E-state index in [1.807, 2.05) is 12.5 Å². The molecule has 1 rings (SSSR count). The van der Waals surface area contributed by atoms with E-state index in [1.165, 1.54) is 11.8 Å². The molecule has 0 saturated heterocycles. The zero-order valence-electron chi connectivity index (χ0n) is 10.7. The van der Waals surface area contributed by atoms with Crippen molar-refractivity contribution >= 4 is 35.2 Å². The first-order valence-corrected chi connectivity index (χ1v) is 7.97. The molecule has 1 atom stereocenters. The van der Waals surface area contributed by atoms with Gasteiger partial charge in [-0.2, -0.15) is 11.8 Å². The number of nitrogens with two attached hydrogens (primary N) is 1. The monoisotopic (exact) mass is 289 g/mol. The summed E-state index contributed by atoms with van der Waals surface area (Å²) < 4.78 is 0. The first-order chi connectivity index (χ1) is 8.50. The minimum Gasteiger partial charge on any atom is -0.387 e. The van der Waals surface area contributed by atoms with Gasteiger partial charge in [0.15, 0.2) is 5.16 Å². The number of nitrogen functional groups attached to an aromatic ring is 1. The van der Waals surface area contributed by atoms with Gasteiger partial charge in [-0.25, -0.2) is 15.8 Å². The second kappa shape index (κ2) is 7.03. The SMILES string of the molecule is CSCC(C)(O)CNc1cc(NN)nc(SC)n1. The van der Waals surface area contributed by atoms with Crippen LogP contribution in [0.4, 0.5) is 11.6 Å². The predicted molar refractivity (Wildman–Crippen MR) is 79.1 cm³/mol. The third kappa shape index (κ3) is 4.89. The fraction of sp³-hybridized carbons (Fsp3) is 0.600. The molecule has 6 nitrogen and oxygen atoms in total. The number of anilines is 2. The lowest BCUT2D eigenvalue weighted by atomic mass is 10.1. The van der Waals surface area contributed by atoms with Gasteiger partial charge in [-0.3, -0.25) is 0 Å². The van der Waals surface area contributed by atoms with Crippen LogP contribution < -0.4 is 16.6 Å². The summed E-state index contributed by atoms with van der Waals surface area (Å²) in [6.45, 7) is 2.21. The van der Waals surface area contributed by atoms with E-state index in [0.29, 0.717) is 29.1 Å². The molecule has 0 aliphatic carbocycles. The Kier molecular flexibility index (Phi) is 6.00. The van der Waals surface area contributed by atoms with Crippen molar-refractivity contribution in [3.8, 4) is 0 Å². The Balaban J connectivity index is 2.72. The molecule has 1 aromatic rings. The highest BCUT2D eigenvalue weighted by Gasteiger charge is 2.19. The Hall–Kier alpha value is -0.700. The molecule has 0 bridgehead atoms. The normalized spacial score (nSPS) is 14.1. The largest absolute Gasteiger partial charge is 0.387 e. The highest BCUT2D eigenvalue weighted by molar-refractivity contribution is 7.98. The number of rotatable bonds is 7. The van der Waals surface area contributed by atoms with Crippen molar-refractivity contribution in [2.75, 3.05) is 35.6 Å². The molecule has 0 fully saturated rings. The quantitative estimate of drug-likeness (QED) is 0.256. The van der Waals surface area contributed by atoms with Gasteiger partial charge in [0.1, 0.15) is 11.6 Å². The number of aliphatic hydroxyl groups is 1. The molecule has 0 amide bonds. The van der Waals surface area contributed by atoms with E-state index >= 15 is 0 Å². The van der Waals surface area contributed by atoms with Crippen molar-refractivity contribution in [3.05, 3.63) is 6.07 Å². The molecule has 1 unspecified atom stereocenters. The Morgan fingerprint density at radius 3 is 2.61 bits per heavy atom. The van der Waals surface area contributed by atoms with Gasteiger partial charge >= 0.3 is 0 Å². The third-order valence-electron chi connectivity index (χ3n) is 2.14. The minimum atomic E-state index is -0.778. The molecule has 18 heavy (non-hydrogen) atoms. The summed E-state index contributed by atoms with van der Waals surface area (Å²) in [7, 11) is 0. The fourth-order valence-corrected chi connectivity index (χ4v) is 2.43. The molecule has 0 aromatic carbocycles. The molecule has 8 heteroatoms. The Morgan fingerprint density at radius 1 is 1.39 bits per heavy atom. The van der Waals surface area contributed by atoms with Crippen LogP contribution in [0.5, 0.6) is 0 Å². The maximum Gasteiger partial charge on any atom is 0.191 e. The van der Waals surface area contributed by atoms with Crippen LogP contribution in [0.1, 0.15) is 6.92 Å². The molecule has 0 spiro atoms. The zero-order chi connectivity index (χ0) is 13.6. The average Bonchev–Trinajstić information content (AvgIpc) is 2.36. The van der Waals surface area contributed by atoms with Crippen molar-refractivity contribution < 1.29 is 5.11 Å². The second-order valence-corrected chi connectivity index (χ2v) is 5.69. The molecule has 102 valence electrons. The molecule has 1 heterocycles. The smallest absolute Gasteiger partial charge is 0.191 e. The van der Waals surface area contributed by atoms with Gasteiger partial charge in [-0.05, 0) is 19.4 Å². The molecule has 0 radical (unpaired) electrons. The average molecular weight is 289 g/mol. The van der Waals surface area contributed by atoms with Gasteiger partial charge < -0.3 is 15.8 Å². The van der Waals surface area contributed by atoms with Crippen LogP contribution in [0, 0.1) is 0 Å². The van der Waals surface area contributed by atoms with E-state index in [0.717, 1.165) is 0 Å². The van der Waals surface area contributed by atoms with Crippen molar-refractivity contribution in [1.29, 1.82) is 0 Å². The van der Waals surface area contributed by atoms with Gasteiger partial charge in [-0.1, -0.05) is 11.8 Å². The number of aromatic nitrogens is 2. The summed E-state index contributed by atoms with van der Waals surface area (Å²) in [5, 5.41) is 13.8. The number of hydrogen-bond acceptors (Lipinski definition) is 8. The second-order valence-electron chi connectivity index (χ2n) is 4.05. The number of hydrazine groups is 1. The zero-order valence-corrected chi connectivity index (χ0v) is 12.4. The van der Waals surface area contributed by atoms with Gasteiger partial charge in [0.2, 0.25) is 0 Å². The molecular formula is C10H19N5OS2. The summed E-state index contributed by atoms with van der Waals surface area (Å²) in [5.74, 6) is 7.18. The highest BCUT2D eigenvalue weighted by Crippen LogP contribution is 2.18. The van der Waals surface area contributed by atoms with Gasteiger partial charge in [0.05, 0.1) is 5.60 Å². The van der Waals surface area contributed by atoms with E-state index < -0.39 is 5.60 Å². The van der Waals surface area contributed by atoms with E-state index in [1.54, 1.807) is 24.8 Å². The third-order valence-corrected chi connectivity index (χ3v) is 3.60. The van der Waals surface area contributed by atoms with Crippen LogP contribution in [-0.4, -0.2) is 45.5 Å². The first-order valence-electron chi connectivity index (χ1n) is 5.35. The van der Waals surface area contributed by atoms with Crippen LogP contribution in [0.25, 0.3) is 0 Å². The summed E-state index contributed by atoms with van der Waals surface area (Å²) in [6, 6.07) is 1.70. The highest BCUT2D eigenvalue weighted by atomic mass is 32.2. The van der Waals surface area contributed by atoms with E-state index in [4.69, 9.17) is 5.84 Å². The number of hydrogen-bond donors (Lipinski definition) is 4. The van der Waals surface area contributed by atoms with Crippen LogP contribution >= 0.6 is 23.5 Å².